The van der Waals surface area contributed by atoms with Crippen molar-refractivity contribution >= 4 is 35.3 Å². The minimum atomic E-state index is -0.279. The summed E-state index contributed by atoms with van der Waals surface area (Å²) in [6.45, 7) is 7.93. The first kappa shape index (κ1) is 23.0. The molecule has 33 heavy (non-hydrogen) atoms. The Balaban J connectivity index is 1.62. The monoisotopic (exact) mass is 482 g/mol. The van der Waals surface area contributed by atoms with Gasteiger partial charge in [0.2, 0.25) is 11.8 Å². The number of carbonyl (C=O) groups excluding carboxylic acids is 1. The van der Waals surface area contributed by atoms with E-state index in [9.17, 15) is 4.79 Å². The van der Waals surface area contributed by atoms with Gasteiger partial charge in [-0.1, -0.05) is 66.6 Å². The molecule has 0 radical (unpaired) electrons. The zero-order valence-electron chi connectivity index (χ0n) is 18.7. The summed E-state index contributed by atoms with van der Waals surface area (Å²) in [6, 6.07) is 13.7. The highest BCUT2D eigenvalue weighted by Crippen LogP contribution is 2.31. The fourth-order valence-electron chi connectivity index (χ4n) is 3.16. The lowest BCUT2D eigenvalue weighted by atomic mass is 10.1. The molecule has 10 heteroatoms. The van der Waals surface area contributed by atoms with Crippen LogP contribution < -0.4 is 5.32 Å². The van der Waals surface area contributed by atoms with Crippen LogP contribution in [0.4, 0.5) is 6.01 Å². The molecule has 2 heterocycles. The average molecular weight is 483 g/mol. The molecule has 0 bridgehead atoms. The Bertz CT molecular complexity index is 1300. The second kappa shape index (κ2) is 9.76. The van der Waals surface area contributed by atoms with E-state index in [-0.39, 0.29) is 23.6 Å². The summed E-state index contributed by atoms with van der Waals surface area (Å²) in [4.78, 5) is 12.5. The molecule has 0 saturated carbocycles. The van der Waals surface area contributed by atoms with E-state index in [4.69, 9.17) is 16.0 Å². The van der Waals surface area contributed by atoms with Crippen molar-refractivity contribution in [1.29, 1.82) is 0 Å². The first-order chi connectivity index (χ1) is 15.8. The molecular weight excluding hydrogens is 460 g/mol. The molecule has 4 rings (SSSR count). The molecule has 0 aliphatic heterocycles. The molecule has 1 N–H and O–H groups in total. The van der Waals surface area contributed by atoms with Gasteiger partial charge in [-0.15, -0.1) is 15.3 Å². The largest absolute Gasteiger partial charge is 0.408 e. The highest BCUT2D eigenvalue weighted by Gasteiger charge is 2.20. The molecule has 2 aromatic carbocycles. The Hall–Kier alpha value is -3.17. The van der Waals surface area contributed by atoms with Crippen molar-refractivity contribution in [2.75, 3.05) is 11.1 Å². The topological polar surface area (TPSA) is 98.7 Å². The second-order valence-corrected chi connectivity index (χ2v) is 9.26. The van der Waals surface area contributed by atoms with Gasteiger partial charge < -0.3 is 4.42 Å². The van der Waals surface area contributed by atoms with E-state index in [1.54, 1.807) is 0 Å². The van der Waals surface area contributed by atoms with E-state index in [0.717, 1.165) is 22.4 Å². The number of amides is 1. The lowest BCUT2D eigenvalue weighted by Gasteiger charge is -2.14. The molecule has 170 valence electrons. The molecular formula is C23H23ClN6O2S. The van der Waals surface area contributed by atoms with E-state index in [0.29, 0.717) is 21.9 Å². The van der Waals surface area contributed by atoms with E-state index < -0.39 is 0 Å². The number of benzene rings is 2. The number of aromatic nitrogens is 5. The van der Waals surface area contributed by atoms with E-state index >= 15 is 0 Å². The van der Waals surface area contributed by atoms with Crippen LogP contribution in [0.25, 0.3) is 17.1 Å². The van der Waals surface area contributed by atoms with Crippen molar-refractivity contribution in [1.82, 2.24) is 25.0 Å². The average Bonchev–Trinajstić information content (AvgIpc) is 3.41. The maximum Gasteiger partial charge on any atom is 0.322 e. The molecule has 2 aromatic heterocycles. The first-order valence-corrected chi connectivity index (χ1v) is 11.7. The number of carbonyl (C=O) groups is 1. The number of nitrogens with one attached hydrogen (secondary N) is 1. The van der Waals surface area contributed by atoms with Gasteiger partial charge >= 0.3 is 6.01 Å². The summed E-state index contributed by atoms with van der Waals surface area (Å²) in [5.41, 5.74) is 3.94. The van der Waals surface area contributed by atoms with E-state index in [2.05, 4.69) is 43.9 Å². The molecule has 0 spiro atoms. The molecule has 8 nitrogen and oxygen atoms in total. The second-order valence-electron chi connectivity index (χ2n) is 7.88. The standard InChI is InChI=1S/C23H23ClN6O2S/c1-13(2)21-27-28-22(32-21)25-19(31)12-33-23-29-26-20(16-6-5-7-17(24)11-16)30(23)18-10-14(3)8-9-15(18)4/h5-11,13H,12H2,1-4H3,(H,25,28,31). The van der Waals surface area contributed by atoms with Crippen molar-refractivity contribution in [3.63, 3.8) is 0 Å². The highest BCUT2D eigenvalue weighted by atomic mass is 35.5. The number of halogens is 1. The Morgan fingerprint density at radius 1 is 1.12 bits per heavy atom. The van der Waals surface area contributed by atoms with Crippen LogP contribution >= 0.6 is 23.4 Å². The third kappa shape index (κ3) is 5.26. The lowest BCUT2D eigenvalue weighted by molar-refractivity contribution is -0.113. The van der Waals surface area contributed by atoms with Gasteiger partial charge in [0, 0.05) is 16.5 Å². The Morgan fingerprint density at radius 3 is 2.67 bits per heavy atom. The third-order valence-corrected chi connectivity index (χ3v) is 6.00. The maximum atomic E-state index is 12.5. The van der Waals surface area contributed by atoms with Crippen molar-refractivity contribution in [3.8, 4) is 17.1 Å². The van der Waals surface area contributed by atoms with E-state index in [1.165, 1.54) is 11.8 Å². The zero-order chi connectivity index (χ0) is 23.5. The number of hydrogen-bond acceptors (Lipinski definition) is 7. The predicted molar refractivity (Wildman–Crippen MR) is 129 cm³/mol. The van der Waals surface area contributed by atoms with Gasteiger partial charge in [-0.2, -0.15) is 0 Å². The van der Waals surface area contributed by atoms with Gasteiger partial charge in [-0.25, -0.2) is 0 Å². The number of nitrogens with zero attached hydrogens (tertiary/aromatic N) is 5. The van der Waals surface area contributed by atoms with E-state index in [1.807, 2.05) is 56.5 Å². The van der Waals surface area contributed by atoms with Gasteiger partial charge in [0.1, 0.15) is 0 Å². The van der Waals surface area contributed by atoms with Crippen LogP contribution in [-0.2, 0) is 4.79 Å². The Morgan fingerprint density at radius 2 is 1.94 bits per heavy atom. The SMILES string of the molecule is Cc1ccc(C)c(-n2c(SCC(=O)Nc3nnc(C(C)C)o3)nnc2-c2cccc(Cl)c2)c1. The van der Waals surface area contributed by atoms with Gasteiger partial charge in [-0.05, 0) is 43.2 Å². The minimum Gasteiger partial charge on any atom is -0.408 e. The summed E-state index contributed by atoms with van der Waals surface area (Å²) in [7, 11) is 0. The molecule has 0 atom stereocenters. The van der Waals surface area contributed by atoms with Gasteiger partial charge in [-0.3, -0.25) is 14.7 Å². The summed E-state index contributed by atoms with van der Waals surface area (Å²) in [5, 5.41) is 20.4. The molecule has 0 aliphatic carbocycles. The molecule has 4 aromatic rings. The zero-order valence-corrected chi connectivity index (χ0v) is 20.2. The van der Waals surface area contributed by atoms with Crippen LogP contribution in [0.3, 0.4) is 0 Å². The summed E-state index contributed by atoms with van der Waals surface area (Å²) in [6.07, 6.45) is 0. The summed E-state index contributed by atoms with van der Waals surface area (Å²) in [5.74, 6) is 1.02. The third-order valence-electron chi connectivity index (χ3n) is 4.83. The molecule has 0 unspecified atom stereocenters. The maximum absolute atomic E-state index is 12.5. The Labute approximate surface area is 200 Å². The van der Waals surface area contributed by atoms with Crippen LogP contribution in [0, 0.1) is 13.8 Å². The van der Waals surface area contributed by atoms with Crippen LogP contribution in [-0.4, -0.2) is 36.6 Å². The number of anilines is 1. The highest BCUT2D eigenvalue weighted by molar-refractivity contribution is 7.99. The number of thioether (sulfide) groups is 1. The van der Waals surface area contributed by atoms with Crippen LogP contribution in [0.1, 0.15) is 36.8 Å². The first-order valence-electron chi connectivity index (χ1n) is 10.4. The van der Waals surface area contributed by atoms with Crippen molar-refractivity contribution in [3.05, 3.63) is 64.5 Å². The molecule has 0 fully saturated rings. The van der Waals surface area contributed by atoms with Crippen molar-refractivity contribution in [2.24, 2.45) is 0 Å². The van der Waals surface area contributed by atoms with Crippen LogP contribution in [0.5, 0.6) is 0 Å². The molecule has 1 amide bonds. The summed E-state index contributed by atoms with van der Waals surface area (Å²) >= 11 is 7.49. The molecule has 0 saturated heterocycles. The van der Waals surface area contributed by atoms with Crippen molar-refractivity contribution < 1.29 is 9.21 Å². The van der Waals surface area contributed by atoms with Crippen LogP contribution in [0.2, 0.25) is 5.02 Å². The Kier molecular flexibility index (Phi) is 6.80. The fraction of sp³-hybridized carbons (Fsp3) is 0.261. The lowest BCUT2D eigenvalue weighted by Crippen LogP contribution is -2.15. The smallest absolute Gasteiger partial charge is 0.322 e. The van der Waals surface area contributed by atoms with Crippen molar-refractivity contribution in [2.45, 2.75) is 38.8 Å². The minimum absolute atomic E-state index is 0.0820. The number of hydrogen-bond donors (Lipinski definition) is 1. The predicted octanol–water partition coefficient (Wildman–Crippen LogP) is 5.44. The summed E-state index contributed by atoms with van der Waals surface area (Å²) < 4.78 is 7.41. The van der Waals surface area contributed by atoms with Gasteiger partial charge in [0.25, 0.3) is 0 Å². The quantitative estimate of drug-likeness (QED) is 0.350. The molecule has 0 aliphatic rings. The fourth-order valence-corrected chi connectivity index (χ4v) is 4.09. The normalized spacial score (nSPS) is 11.2. The number of aryl methyl sites for hydroxylation is 2. The van der Waals surface area contributed by atoms with Crippen LogP contribution in [0.15, 0.2) is 52.0 Å². The van der Waals surface area contributed by atoms with Gasteiger partial charge in [0.05, 0.1) is 11.4 Å². The van der Waals surface area contributed by atoms with Gasteiger partial charge in [0.15, 0.2) is 11.0 Å². The number of rotatable bonds is 7.